The van der Waals surface area contributed by atoms with Crippen LogP contribution >= 0.6 is 11.9 Å². The minimum atomic E-state index is -0.335. The van der Waals surface area contributed by atoms with Gasteiger partial charge in [0.25, 0.3) is 0 Å². The van der Waals surface area contributed by atoms with Crippen molar-refractivity contribution in [1.82, 2.24) is 4.31 Å². The Kier molecular flexibility index (Phi) is 2.73. The van der Waals surface area contributed by atoms with Crippen LogP contribution in [0, 0.1) is 5.82 Å². The molecule has 0 atom stereocenters. The molecule has 2 amide bonds. The van der Waals surface area contributed by atoms with E-state index in [1.54, 1.807) is 12.1 Å². The van der Waals surface area contributed by atoms with Gasteiger partial charge in [0.2, 0.25) is 11.8 Å². The number of carbonyl (C=O) groups excluding carboxylic acids is 2. The van der Waals surface area contributed by atoms with E-state index in [9.17, 15) is 14.0 Å². The highest BCUT2D eigenvalue weighted by atomic mass is 32.2. The maximum absolute atomic E-state index is 12.6. The lowest BCUT2D eigenvalue weighted by Crippen LogP contribution is -2.20. The molecule has 1 saturated heterocycles. The normalized spacial score (nSPS) is 16.2. The molecule has 0 aromatic heterocycles. The molecule has 0 aliphatic carbocycles. The van der Waals surface area contributed by atoms with Gasteiger partial charge in [0.15, 0.2) is 0 Å². The number of nitrogens with zero attached hydrogens (tertiary/aromatic N) is 1. The zero-order valence-corrected chi connectivity index (χ0v) is 8.59. The molecule has 0 spiro atoms. The summed E-state index contributed by atoms with van der Waals surface area (Å²) in [7, 11) is 0. The summed E-state index contributed by atoms with van der Waals surface area (Å²) in [6.45, 7) is 0. The maximum atomic E-state index is 12.6. The third kappa shape index (κ3) is 2.18. The van der Waals surface area contributed by atoms with E-state index in [0.717, 1.165) is 16.3 Å². The van der Waals surface area contributed by atoms with Gasteiger partial charge in [-0.25, -0.2) is 8.70 Å². The molecular weight excluding hydrogens is 217 g/mol. The van der Waals surface area contributed by atoms with Crippen LogP contribution in [-0.4, -0.2) is 16.1 Å². The third-order valence-electron chi connectivity index (χ3n) is 2.02. The van der Waals surface area contributed by atoms with Gasteiger partial charge >= 0.3 is 0 Å². The van der Waals surface area contributed by atoms with Gasteiger partial charge in [-0.2, -0.15) is 0 Å². The first kappa shape index (κ1) is 10.2. The fraction of sp³-hybridized carbons (Fsp3) is 0.200. The van der Waals surface area contributed by atoms with Crippen molar-refractivity contribution >= 4 is 23.8 Å². The Morgan fingerprint density at radius 1 is 1.07 bits per heavy atom. The van der Waals surface area contributed by atoms with Gasteiger partial charge in [0, 0.05) is 17.7 Å². The van der Waals surface area contributed by atoms with Crippen molar-refractivity contribution in [2.75, 3.05) is 0 Å². The summed E-state index contributed by atoms with van der Waals surface area (Å²) in [6.07, 6.45) is 0.542. The quantitative estimate of drug-likeness (QED) is 0.570. The minimum Gasteiger partial charge on any atom is -0.273 e. The van der Waals surface area contributed by atoms with E-state index < -0.39 is 0 Å². The number of benzene rings is 1. The van der Waals surface area contributed by atoms with E-state index in [1.165, 1.54) is 12.1 Å². The molecule has 78 valence electrons. The number of rotatable bonds is 2. The number of hydrogen-bond acceptors (Lipinski definition) is 3. The Bertz CT molecular complexity index is 388. The average molecular weight is 225 g/mol. The minimum absolute atomic E-state index is 0.186. The number of carbonyl (C=O) groups is 2. The van der Waals surface area contributed by atoms with Crippen LogP contribution in [0.5, 0.6) is 0 Å². The topological polar surface area (TPSA) is 37.4 Å². The molecule has 15 heavy (non-hydrogen) atoms. The summed E-state index contributed by atoms with van der Waals surface area (Å²) in [6, 6.07) is 5.68. The Morgan fingerprint density at radius 2 is 1.60 bits per heavy atom. The highest BCUT2D eigenvalue weighted by Gasteiger charge is 2.29. The molecule has 2 rings (SSSR count). The lowest BCUT2D eigenvalue weighted by atomic mass is 10.4. The molecule has 1 heterocycles. The molecule has 3 nitrogen and oxygen atoms in total. The largest absolute Gasteiger partial charge is 0.273 e. The second kappa shape index (κ2) is 4.02. The summed E-state index contributed by atoms with van der Waals surface area (Å²) in [5, 5.41) is 0. The van der Waals surface area contributed by atoms with E-state index >= 15 is 0 Å². The SMILES string of the molecule is O=C1CCC(=O)N1Sc1ccc(F)cc1. The number of imide groups is 1. The van der Waals surface area contributed by atoms with Gasteiger partial charge in [0.1, 0.15) is 5.82 Å². The molecular formula is C10H8FNO2S. The van der Waals surface area contributed by atoms with Crippen molar-refractivity contribution < 1.29 is 14.0 Å². The summed E-state index contributed by atoms with van der Waals surface area (Å²) < 4.78 is 13.7. The van der Waals surface area contributed by atoms with Crippen molar-refractivity contribution in [3.05, 3.63) is 30.1 Å². The van der Waals surface area contributed by atoms with Crippen LogP contribution < -0.4 is 0 Å². The lowest BCUT2D eigenvalue weighted by molar-refractivity contribution is -0.131. The van der Waals surface area contributed by atoms with E-state index in [4.69, 9.17) is 0 Å². The van der Waals surface area contributed by atoms with Crippen molar-refractivity contribution in [3.8, 4) is 0 Å². The summed E-state index contributed by atoms with van der Waals surface area (Å²) >= 11 is 1.04. The van der Waals surface area contributed by atoms with Crippen LogP contribution in [0.25, 0.3) is 0 Å². The van der Waals surface area contributed by atoms with E-state index in [0.29, 0.717) is 4.90 Å². The summed E-state index contributed by atoms with van der Waals surface area (Å²) in [4.78, 5) is 23.2. The molecule has 0 saturated carbocycles. The molecule has 1 aromatic carbocycles. The van der Waals surface area contributed by atoms with Crippen molar-refractivity contribution in [1.29, 1.82) is 0 Å². The first-order valence-corrected chi connectivity index (χ1v) is 5.23. The number of hydrogen-bond donors (Lipinski definition) is 0. The van der Waals surface area contributed by atoms with Crippen LogP contribution in [0.2, 0.25) is 0 Å². The monoisotopic (exact) mass is 225 g/mol. The van der Waals surface area contributed by atoms with Crippen LogP contribution in [0.4, 0.5) is 4.39 Å². The van der Waals surface area contributed by atoms with Crippen LogP contribution in [-0.2, 0) is 9.59 Å². The standard InChI is InChI=1S/C10H8FNO2S/c11-7-1-3-8(4-2-7)15-12-9(13)5-6-10(12)14/h1-4H,5-6H2. The van der Waals surface area contributed by atoms with Crippen molar-refractivity contribution in [2.24, 2.45) is 0 Å². The Balaban J connectivity index is 2.11. The molecule has 0 radical (unpaired) electrons. The fourth-order valence-corrected chi connectivity index (χ4v) is 2.11. The number of amides is 2. The molecule has 1 aromatic rings. The van der Waals surface area contributed by atoms with E-state index in [-0.39, 0.29) is 30.5 Å². The Morgan fingerprint density at radius 3 is 2.13 bits per heavy atom. The molecule has 1 aliphatic heterocycles. The van der Waals surface area contributed by atoms with Gasteiger partial charge in [-0.15, -0.1) is 0 Å². The van der Waals surface area contributed by atoms with Crippen LogP contribution in [0.1, 0.15) is 12.8 Å². The highest BCUT2D eigenvalue weighted by Crippen LogP contribution is 2.28. The molecule has 1 aliphatic rings. The Labute approximate surface area is 90.4 Å². The second-order valence-corrected chi connectivity index (χ2v) is 4.15. The fourth-order valence-electron chi connectivity index (χ4n) is 1.26. The molecule has 0 unspecified atom stereocenters. The van der Waals surface area contributed by atoms with Gasteiger partial charge < -0.3 is 0 Å². The average Bonchev–Trinajstić information content (AvgIpc) is 2.53. The molecule has 0 bridgehead atoms. The predicted molar refractivity (Wildman–Crippen MR) is 53.3 cm³/mol. The van der Waals surface area contributed by atoms with Crippen molar-refractivity contribution in [2.45, 2.75) is 17.7 Å². The lowest BCUT2D eigenvalue weighted by Gasteiger charge is -2.11. The van der Waals surface area contributed by atoms with Crippen molar-refractivity contribution in [3.63, 3.8) is 0 Å². The zero-order chi connectivity index (χ0) is 10.8. The second-order valence-electron chi connectivity index (χ2n) is 3.13. The molecule has 5 heteroatoms. The zero-order valence-electron chi connectivity index (χ0n) is 7.77. The van der Waals surface area contributed by atoms with Gasteiger partial charge in [-0.1, -0.05) is 0 Å². The maximum Gasteiger partial charge on any atom is 0.240 e. The van der Waals surface area contributed by atoms with Crippen LogP contribution in [0.3, 0.4) is 0 Å². The summed E-state index contributed by atoms with van der Waals surface area (Å²) in [5.74, 6) is -0.706. The van der Waals surface area contributed by atoms with Gasteiger partial charge in [0.05, 0.1) is 0 Å². The third-order valence-corrected chi connectivity index (χ3v) is 3.09. The van der Waals surface area contributed by atoms with E-state index in [1.807, 2.05) is 0 Å². The van der Waals surface area contributed by atoms with E-state index in [2.05, 4.69) is 0 Å². The van der Waals surface area contributed by atoms with Crippen LogP contribution in [0.15, 0.2) is 29.2 Å². The smallest absolute Gasteiger partial charge is 0.240 e. The highest BCUT2D eigenvalue weighted by molar-refractivity contribution is 7.98. The molecule has 0 N–H and O–H groups in total. The first-order valence-electron chi connectivity index (χ1n) is 4.46. The van der Waals surface area contributed by atoms with Gasteiger partial charge in [-0.05, 0) is 36.2 Å². The van der Waals surface area contributed by atoms with Gasteiger partial charge in [-0.3, -0.25) is 9.59 Å². The first-order chi connectivity index (χ1) is 7.16. The summed E-state index contributed by atoms with van der Waals surface area (Å²) in [5.41, 5.74) is 0. The molecule has 1 fully saturated rings. The predicted octanol–water partition coefficient (Wildman–Crippen LogP) is 1.98. The number of halogens is 1. The Hall–Kier alpha value is -1.36.